The van der Waals surface area contributed by atoms with Gasteiger partial charge in [0.2, 0.25) is 0 Å². The molecule has 1 amide bonds. The summed E-state index contributed by atoms with van der Waals surface area (Å²) in [5, 5.41) is 6.28. The zero-order valence-electron chi connectivity index (χ0n) is 20.5. The van der Waals surface area contributed by atoms with E-state index in [9.17, 15) is 13.2 Å². The quantitative estimate of drug-likeness (QED) is 0.197. The van der Waals surface area contributed by atoms with Crippen molar-refractivity contribution in [2.24, 2.45) is 0 Å². The molecule has 0 saturated heterocycles. The number of aromatic amines is 1. The maximum Gasteiger partial charge on any atom is 0.261 e. The highest BCUT2D eigenvalue weighted by atomic mass is 32.2. The van der Waals surface area contributed by atoms with Crippen LogP contribution in [0.5, 0.6) is 0 Å². The van der Waals surface area contributed by atoms with E-state index in [1.165, 1.54) is 12.1 Å². The molecule has 39 heavy (non-hydrogen) atoms. The van der Waals surface area contributed by atoms with Crippen LogP contribution in [0.15, 0.2) is 121 Å². The Labute approximate surface area is 225 Å². The molecule has 6 rings (SSSR count). The minimum absolute atomic E-state index is 0.0508. The van der Waals surface area contributed by atoms with Crippen LogP contribution in [0.2, 0.25) is 0 Å². The summed E-state index contributed by atoms with van der Waals surface area (Å²) in [5.41, 5.74) is 5.71. The standard InChI is InChI=1S/C30H23N5O3S/c36-30-28(25-17-24(15-16-26(25)34-30)39(37,38)35-23-9-5-2-6-10-23)29(21-7-3-1-4-8-21)33-22-13-11-20(12-14-22)27-18-31-19-32-27/h1-19,33,35H,(H,31,32)(H,34,36). The molecule has 0 fully saturated rings. The van der Waals surface area contributed by atoms with E-state index in [1.807, 2.05) is 66.9 Å². The molecular formula is C30H23N5O3S. The third kappa shape index (κ3) is 4.90. The Kier molecular flexibility index (Phi) is 6.18. The van der Waals surface area contributed by atoms with Gasteiger partial charge in [-0.05, 0) is 48.0 Å². The number of para-hydroxylation sites is 1. The van der Waals surface area contributed by atoms with Crippen LogP contribution in [0, 0.1) is 0 Å². The van der Waals surface area contributed by atoms with Crippen LogP contribution in [0.1, 0.15) is 11.1 Å². The van der Waals surface area contributed by atoms with Gasteiger partial charge >= 0.3 is 0 Å². The summed E-state index contributed by atoms with van der Waals surface area (Å²) in [6, 6.07) is 30.5. The molecule has 0 aliphatic carbocycles. The first-order chi connectivity index (χ1) is 19.0. The molecule has 5 aromatic rings. The van der Waals surface area contributed by atoms with Gasteiger partial charge in [0.25, 0.3) is 15.9 Å². The Balaban J connectivity index is 1.42. The minimum atomic E-state index is -3.89. The number of aromatic nitrogens is 2. The number of sulfonamides is 1. The second-order valence-corrected chi connectivity index (χ2v) is 10.6. The summed E-state index contributed by atoms with van der Waals surface area (Å²) in [5.74, 6) is -0.324. The number of anilines is 3. The molecular weight excluding hydrogens is 510 g/mol. The van der Waals surface area contributed by atoms with Crippen LogP contribution in [-0.2, 0) is 14.8 Å². The third-order valence-corrected chi connectivity index (χ3v) is 7.71. The maximum absolute atomic E-state index is 13.3. The van der Waals surface area contributed by atoms with Gasteiger partial charge in [0.15, 0.2) is 0 Å². The topological polar surface area (TPSA) is 116 Å². The Hall–Kier alpha value is -5.15. The van der Waals surface area contributed by atoms with Gasteiger partial charge < -0.3 is 15.6 Å². The molecule has 2 heterocycles. The minimum Gasteiger partial charge on any atom is -0.354 e. The highest BCUT2D eigenvalue weighted by Crippen LogP contribution is 2.39. The molecule has 0 radical (unpaired) electrons. The van der Waals surface area contributed by atoms with Gasteiger partial charge in [0.1, 0.15) is 0 Å². The van der Waals surface area contributed by atoms with Crippen molar-refractivity contribution in [3.63, 3.8) is 0 Å². The van der Waals surface area contributed by atoms with Crippen molar-refractivity contribution < 1.29 is 13.2 Å². The van der Waals surface area contributed by atoms with Gasteiger partial charge in [-0.25, -0.2) is 13.4 Å². The Morgan fingerprint density at radius 1 is 0.795 bits per heavy atom. The first-order valence-corrected chi connectivity index (χ1v) is 13.7. The molecule has 8 nitrogen and oxygen atoms in total. The normalized spacial score (nSPS) is 13.9. The summed E-state index contributed by atoms with van der Waals surface area (Å²) in [6.45, 7) is 0. The van der Waals surface area contributed by atoms with E-state index >= 15 is 0 Å². The molecule has 4 aromatic carbocycles. The molecule has 0 atom stereocenters. The molecule has 1 aliphatic rings. The number of carbonyl (C=O) groups excluding carboxylic acids is 1. The van der Waals surface area contributed by atoms with E-state index in [0.717, 1.165) is 22.5 Å². The molecule has 1 aliphatic heterocycles. The number of imidazole rings is 1. The van der Waals surface area contributed by atoms with Gasteiger partial charge in [0.05, 0.1) is 28.2 Å². The van der Waals surface area contributed by atoms with Crippen molar-refractivity contribution in [3.05, 3.63) is 127 Å². The molecule has 0 saturated carbocycles. The Morgan fingerprint density at radius 3 is 2.21 bits per heavy atom. The van der Waals surface area contributed by atoms with Gasteiger partial charge in [0, 0.05) is 34.4 Å². The van der Waals surface area contributed by atoms with E-state index in [2.05, 4.69) is 25.3 Å². The number of nitrogens with zero attached hydrogens (tertiary/aromatic N) is 1. The highest BCUT2D eigenvalue weighted by molar-refractivity contribution is 7.92. The number of hydrogen-bond donors (Lipinski definition) is 4. The SMILES string of the molecule is O=C1Nc2ccc(S(=O)(=O)Nc3ccccc3)cc2C1=C(Nc1ccc(-c2c[nH]cn2)cc1)c1ccccc1. The predicted octanol–water partition coefficient (Wildman–Crippen LogP) is 5.81. The average Bonchev–Trinajstić information content (AvgIpc) is 3.60. The lowest BCUT2D eigenvalue weighted by molar-refractivity contribution is -0.110. The van der Waals surface area contributed by atoms with Gasteiger partial charge in [-0.15, -0.1) is 0 Å². The molecule has 4 N–H and O–H groups in total. The largest absolute Gasteiger partial charge is 0.354 e. The number of hydrogen-bond acceptors (Lipinski definition) is 5. The number of amides is 1. The van der Waals surface area contributed by atoms with E-state index in [-0.39, 0.29) is 10.8 Å². The van der Waals surface area contributed by atoms with Crippen molar-refractivity contribution in [2.75, 3.05) is 15.4 Å². The monoisotopic (exact) mass is 533 g/mol. The van der Waals surface area contributed by atoms with Gasteiger partial charge in [-0.3, -0.25) is 9.52 Å². The number of H-pyrrole nitrogens is 1. The maximum atomic E-state index is 13.3. The van der Waals surface area contributed by atoms with Crippen molar-refractivity contribution in [3.8, 4) is 11.3 Å². The number of fused-ring (bicyclic) bond motifs is 1. The van der Waals surface area contributed by atoms with Crippen molar-refractivity contribution in [1.29, 1.82) is 0 Å². The van der Waals surface area contributed by atoms with Crippen molar-refractivity contribution >= 4 is 44.3 Å². The molecule has 0 bridgehead atoms. The fourth-order valence-corrected chi connectivity index (χ4v) is 5.54. The van der Waals surface area contributed by atoms with E-state index in [0.29, 0.717) is 28.2 Å². The Morgan fingerprint density at radius 2 is 1.51 bits per heavy atom. The van der Waals surface area contributed by atoms with Crippen LogP contribution in [0.3, 0.4) is 0 Å². The van der Waals surface area contributed by atoms with E-state index in [4.69, 9.17) is 0 Å². The summed E-state index contributed by atoms with van der Waals surface area (Å²) < 4.78 is 29.0. The van der Waals surface area contributed by atoms with E-state index < -0.39 is 10.0 Å². The van der Waals surface area contributed by atoms with E-state index in [1.54, 1.807) is 36.7 Å². The molecule has 1 aromatic heterocycles. The summed E-state index contributed by atoms with van der Waals surface area (Å²) in [6.07, 6.45) is 3.44. The van der Waals surface area contributed by atoms with Gasteiger partial charge in [-0.1, -0.05) is 60.7 Å². The first-order valence-electron chi connectivity index (χ1n) is 12.2. The number of rotatable bonds is 7. The van der Waals surface area contributed by atoms with Crippen molar-refractivity contribution in [1.82, 2.24) is 9.97 Å². The fourth-order valence-electron chi connectivity index (χ4n) is 4.45. The third-order valence-electron chi connectivity index (χ3n) is 6.33. The zero-order chi connectivity index (χ0) is 26.8. The second kappa shape index (κ2) is 9.96. The summed E-state index contributed by atoms with van der Waals surface area (Å²) >= 11 is 0. The second-order valence-electron chi connectivity index (χ2n) is 8.91. The summed E-state index contributed by atoms with van der Waals surface area (Å²) in [7, 11) is -3.89. The Bertz CT molecular complexity index is 1780. The average molecular weight is 534 g/mol. The first kappa shape index (κ1) is 24.2. The number of nitrogens with one attached hydrogen (secondary N) is 4. The highest BCUT2D eigenvalue weighted by Gasteiger charge is 2.30. The smallest absolute Gasteiger partial charge is 0.261 e. The van der Waals surface area contributed by atoms with Gasteiger partial charge in [-0.2, -0.15) is 0 Å². The molecule has 0 unspecified atom stereocenters. The lowest BCUT2D eigenvalue weighted by Crippen LogP contribution is -2.13. The van der Waals surface area contributed by atoms with Crippen molar-refractivity contribution in [2.45, 2.75) is 4.90 Å². The lowest BCUT2D eigenvalue weighted by Gasteiger charge is -2.15. The molecule has 9 heteroatoms. The van der Waals surface area contributed by atoms with Crippen LogP contribution < -0.4 is 15.4 Å². The lowest BCUT2D eigenvalue weighted by atomic mass is 10.00. The van der Waals surface area contributed by atoms with Crippen LogP contribution in [-0.4, -0.2) is 24.3 Å². The van der Waals surface area contributed by atoms with Crippen LogP contribution in [0.25, 0.3) is 22.5 Å². The van der Waals surface area contributed by atoms with Crippen LogP contribution in [0.4, 0.5) is 17.1 Å². The molecule has 0 spiro atoms. The zero-order valence-corrected chi connectivity index (χ0v) is 21.4. The predicted molar refractivity (Wildman–Crippen MR) is 153 cm³/mol. The van der Waals surface area contributed by atoms with Crippen LogP contribution >= 0.6 is 0 Å². The fraction of sp³-hybridized carbons (Fsp3) is 0. The number of benzene rings is 4. The summed E-state index contributed by atoms with van der Waals surface area (Å²) in [4.78, 5) is 20.6. The number of carbonyl (C=O) groups is 1. The molecule has 192 valence electrons.